The van der Waals surface area contributed by atoms with E-state index < -0.39 is 0 Å². The molecule has 22 heavy (non-hydrogen) atoms. The molecule has 0 aliphatic carbocycles. The molecule has 6 heteroatoms. The van der Waals surface area contributed by atoms with Crippen molar-refractivity contribution < 1.29 is 4.74 Å². The lowest BCUT2D eigenvalue weighted by molar-refractivity contribution is 0.178. The van der Waals surface area contributed by atoms with Gasteiger partial charge < -0.3 is 10.5 Å². The summed E-state index contributed by atoms with van der Waals surface area (Å²) in [6, 6.07) is 3.75. The van der Waals surface area contributed by atoms with Gasteiger partial charge >= 0.3 is 0 Å². The minimum atomic E-state index is 0.165. The van der Waals surface area contributed by atoms with E-state index in [1.165, 1.54) is 6.20 Å². The van der Waals surface area contributed by atoms with Gasteiger partial charge in [0, 0.05) is 17.3 Å². The van der Waals surface area contributed by atoms with E-state index in [2.05, 4.69) is 28.8 Å². The van der Waals surface area contributed by atoms with Gasteiger partial charge in [-0.1, -0.05) is 31.9 Å². The zero-order chi connectivity index (χ0) is 16.1. The van der Waals surface area contributed by atoms with Gasteiger partial charge in [-0.2, -0.15) is 0 Å². The zero-order valence-electron chi connectivity index (χ0n) is 13.1. The summed E-state index contributed by atoms with van der Waals surface area (Å²) in [6.07, 6.45) is 4.69. The average molecular weight is 321 g/mol. The molecular weight excluding hydrogens is 300 g/mol. The molecule has 0 bridgehead atoms. The fourth-order valence-corrected chi connectivity index (χ4v) is 2.46. The number of aryl methyl sites for hydroxylation is 1. The topological polar surface area (TPSA) is 73.9 Å². The number of pyridine rings is 1. The Hall–Kier alpha value is -1.88. The highest BCUT2D eigenvalue weighted by atomic mass is 35.5. The first kappa shape index (κ1) is 16.5. The standard InChI is InChI=1S/C16H21ClN4O/c1-4-6-12(5-2)22-14-8-11(7-10(3)20-14)15-13(17)9-19-16(18)21-15/h7-9,12H,4-6H2,1-3H3,(H2,18,19,21). The van der Waals surface area contributed by atoms with Crippen molar-refractivity contribution in [1.29, 1.82) is 0 Å². The number of hydrogen-bond donors (Lipinski definition) is 1. The van der Waals surface area contributed by atoms with Crippen molar-refractivity contribution in [2.24, 2.45) is 0 Å². The quantitative estimate of drug-likeness (QED) is 0.869. The Kier molecular flexibility index (Phi) is 5.55. The number of nitrogen functional groups attached to an aromatic ring is 1. The molecule has 118 valence electrons. The second-order valence-corrected chi connectivity index (χ2v) is 5.60. The molecular formula is C16H21ClN4O. The SMILES string of the molecule is CCCC(CC)Oc1cc(-c2nc(N)ncc2Cl)cc(C)n1. The summed E-state index contributed by atoms with van der Waals surface area (Å²) in [5.74, 6) is 0.775. The van der Waals surface area contributed by atoms with Crippen molar-refractivity contribution in [2.75, 3.05) is 5.73 Å². The molecule has 0 fully saturated rings. The number of aromatic nitrogens is 3. The monoisotopic (exact) mass is 320 g/mol. The number of rotatable bonds is 6. The summed E-state index contributed by atoms with van der Waals surface area (Å²) in [5, 5.41) is 0.450. The molecule has 0 saturated heterocycles. The molecule has 0 aliphatic rings. The Morgan fingerprint density at radius 1 is 1.27 bits per heavy atom. The van der Waals surface area contributed by atoms with Gasteiger partial charge in [0.15, 0.2) is 0 Å². The van der Waals surface area contributed by atoms with Crippen LogP contribution < -0.4 is 10.5 Å². The fraction of sp³-hybridized carbons (Fsp3) is 0.438. The first-order valence-electron chi connectivity index (χ1n) is 7.47. The third kappa shape index (κ3) is 4.07. The third-order valence-corrected chi connectivity index (χ3v) is 3.60. The first-order valence-corrected chi connectivity index (χ1v) is 7.85. The van der Waals surface area contributed by atoms with Crippen LogP contribution in [0.2, 0.25) is 5.02 Å². The number of nitrogens with two attached hydrogens (primary N) is 1. The van der Waals surface area contributed by atoms with Gasteiger partial charge in [-0.25, -0.2) is 15.0 Å². The summed E-state index contributed by atoms with van der Waals surface area (Å²) < 4.78 is 5.99. The van der Waals surface area contributed by atoms with Crippen LogP contribution in [-0.4, -0.2) is 21.1 Å². The minimum absolute atomic E-state index is 0.165. The van der Waals surface area contributed by atoms with Crippen LogP contribution in [0, 0.1) is 6.92 Å². The summed E-state index contributed by atoms with van der Waals surface area (Å²) >= 11 is 6.18. The van der Waals surface area contributed by atoms with Crippen LogP contribution in [0.4, 0.5) is 5.95 Å². The normalized spacial score (nSPS) is 12.2. The molecule has 0 aliphatic heterocycles. The van der Waals surface area contributed by atoms with E-state index in [9.17, 15) is 0 Å². The minimum Gasteiger partial charge on any atom is -0.474 e. The Labute approximate surface area is 135 Å². The van der Waals surface area contributed by atoms with Crippen molar-refractivity contribution in [3.63, 3.8) is 0 Å². The van der Waals surface area contributed by atoms with Crippen LogP contribution >= 0.6 is 11.6 Å². The summed E-state index contributed by atoms with van der Waals surface area (Å²) in [4.78, 5) is 12.5. The molecule has 0 aromatic carbocycles. The molecule has 2 heterocycles. The molecule has 0 radical (unpaired) electrons. The first-order chi connectivity index (χ1) is 10.5. The second-order valence-electron chi connectivity index (χ2n) is 5.20. The molecule has 2 N–H and O–H groups in total. The highest BCUT2D eigenvalue weighted by molar-refractivity contribution is 6.32. The molecule has 2 aromatic heterocycles. The predicted octanol–water partition coefficient (Wildman–Crippen LogP) is 4.04. The molecule has 1 unspecified atom stereocenters. The van der Waals surface area contributed by atoms with Crippen molar-refractivity contribution in [2.45, 2.75) is 46.1 Å². The van der Waals surface area contributed by atoms with Crippen LogP contribution in [0.25, 0.3) is 11.3 Å². The Morgan fingerprint density at radius 2 is 2.05 bits per heavy atom. The van der Waals surface area contributed by atoms with Crippen LogP contribution in [0.15, 0.2) is 18.3 Å². The smallest absolute Gasteiger partial charge is 0.220 e. The van der Waals surface area contributed by atoms with E-state index in [-0.39, 0.29) is 12.1 Å². The maximum Gasteiger partial charge on any atom is 0.220 e. The van der Waals surface area contributed by atoms with Crippen molar-refractivity contribution in [1.82, 2.24) is 15.0 Å². The van der Waals surface area contributed by atoms with Crippen molar-refractivity contribution in [3.05, 3.63) is 29.0 Å². The van der Waals surface area contributed by atoms with Crippen molar-refractivity contribution >= 4 is 17.5 Å². The summed E-state index contributed by atoms with van der Waals surface area (Å²) in [6.45, 7) is 6.17. The predicted molar refractivity (Wildman–Crippen MR) is 89.0 cm³/mol. The van der Waals surface area contributed by atoms with Gasteiger partial charge in [-0.05, 0) is 25.8 Å². The third-order valence-electron chi connectivity index (χ3n) is 3.32. The lowest BCUT2D eigenvalue weighted by atomic mass is 10.1. The Bertz CT molecular complexity index is 648. The van der Waals surface area contributed by atoms with Gasteiger partial charge in [0.1, 0.15) is 6.10 Å². The molecule has 2 aromatic rings. The van der Waals surface area contributed by atoms with Gasteiger partial charge in [0.05, 0.1) is 16.9 Å². The molecule has 5 nitrogen and oxygen atoms in total. The molecule has 0 saturated carbocycles. The van der Waals surface area contributed by atoms with Crippen molar-refractivity contribution in [3.8, 4) is 17.1 Å². The fourth-order valence-electron chi connectivity index (χ4n) is 2.26. The maximum absolute atomic E-state index is 6.18. The van der Waals surface area contributed by atoms with Gasteiger partial charge in [-0.3, -0.25) is 0 Å². The number of nitrogens with zero attached hydrogens (tertiary/aromatic N) is 3. The largest absolute Gasteiger partial charge is 0.474 e. The van der Waals surface area contributed by atoms with E-state index in [4.69, 9.17) is 22.1 Å². The number of hydrogen-bond acceptors (Lipinski definition) is 5. The second kappa shape index (κ2) is 7.40. The van der Waals surface area contributed by atoms with Crippen LogP contribution in [0.5, 0.6) is 5.88 Å². The van der Waals surface area contributed by atoms with Crippen LogP contribution in [0.3, 0.4) is 0 Å². The van der Waals surface area contributed by atoms with Gasteiger partial charge in [-0.15, -0.1) is 0 Å². The Balaban J connectivity index is 2.36. The Morgan fingerprint density at radius 3 is 2.73 bits per heavy atom. The van der Waals surface area contributed by atoms with Crippen LogP contribution in [0.1, 0.15) is 38.8 Å². The molecule has 1 atom stereocenters. The highest BCUT2D eigenvalue weighted by Gasteiger charge is 2.13. The van der Waals surface area contributed by atoms with Crippen LogP contribution in [-0.2, 0) is 0 Å². The van der Waals surface area contributed by atoms with E-state index in [1.807, 2.05) is 19.1 Å². The molecule has 2 rings (SSSR count). The van der Waals surface area contributed by atoms with E-state index >= 15 is 0 Å². The lowest BCUT2D eigenvalue weighted by Crippen LogP contribution is -2.15. The summed E-state index contributed by atoms with van der Waals surface area (Å²) in [7, 11) is 0. The maximum atomic E-state index is 6.18. The average Bonchev–Trinajstić information content (AvgIpc) is 2.48. The van der Waals surface area contributed by atoms with Gasteiger partial charge in [0.2, 0.25) is 11.8 Å². The number of ether oxygens (including phenoxy) is 1. The van der Waals surface area contributed by atoms with E-state index in [1.54, 1.807) is 0 Å². The highest BCUT2D eigenvalue weighted by Crippen LogP contribution is 2.29. The van der Waals surface area contributed by atoms with Gasteiger partial charge in [0.25, 0.3) is 0 Å². The number of anilines is 1. The zero-order valence-corrected chi connectivity index (χ0v) is 13.9. The van der Waals surface area contributed by atoms with E-state index in [0.29, 0.717) is 16.6 Å². The molecule has 0 spiro atoms. The lowest BCUT2D eigenvalue weighted by Gasteiger charge is -2.17. The number of halogens is 1. The summed E-state index contributed by atoms with van der Waals surface area (Å²) in [5.41, 5.74) is 7.91. The van der Waals surface area contributed by atoms with E-state index in [0.717, 1.165) is 30.5 Å². The molecule has 0 amide bonds.